The van der Waals surface area contributed by atoms with Gasteiger partial charge in [0.2, 0.25) is 0 Å². The van der Waals surface area contributed by atoms with Crippen LogP contribution in [-0.2, 0) is 31.2 Å². The molecular formula is C20H25N3O2. The highest BCUT2D eigenvalue weighted by Gasteiger charge is 2.33. The zero-order valence-corrected chi connectivity index (χ0v) is 15.4. The third-order valence-corrected chi connectivity index (χ3v) is 5.49. The molecule has 132 valence electrons. The average molecular weight is 339 g/mol. The van der Waals surface area contributed by atoms with Crippen molar-refractivity contribution in [1.29, 1.82) is 0 Å². The van der Waals surface area contributed by atoms with Crippen LogP contribution in [0.5, 0.6) is 0 Å². The third-order valence-electron chi connectivity index (χ3n) is 5.49. The van der Waals surface area contributed by atoms with Crippen LogP contribution < -0.4 is 0 Å². The Hall–Kier alpha value is -2.14. The highest BCUT2D eigenvalue weighted by atomic mass is 16.5. The maximum atomic E-state index is 13.3. The second-order valence-corrected chi connectivity index (χ2v) is 7.32. The fraction of sp³-hybridized carbons (Fsp3) is 0.500. The van der Waals surface area contributed by atoms with Crippen LogP contribution in [0.3, 0.4) is 0 Å². The van der Waals surface area contributed by atoms with Crippen LogP contribution in [0.2, 0.25) is 0 Å². The van der Waals surface area contributed by atoms with E-state index in [0.717, 1.165) is 36.3 Å². The van der Waals surface area contributed by atoms with Crippen molar-refractivity contribution in [2.45, 2.75) is 52.4 Å². The number of carbonyl (C=O) groups excluding carboxylic acids is 1. The molecule has 5 nitrogen and oxygen atoms in total. The standard InChI is InChI=1S/C20H25N3O2/c1-12-6-5-7-15-8-9-23(11-17(12)15)20(24)19-16-10-13(2)25-14(3)18(16)21-22(19)4/h5-7,13-14H,8-11H2,1-4H3/t13-,14+/m1/s1. The van der Waals surface area contributed by atoms with Gasteiger partial charge in [-0.05, 0) is 43.9 Å². The average Bonchev–Trinajstić information content (AvgIpc) is 2.91. The molecule has 25 heavy (non-hydrogen) atoms. The lowest BCUT2D eigenvalue weighted by Crippen LogP contribution is -2.38. The first-order chi connectivity index (χ1) is 12.0. The van der Waals surface area contributed by atoms with E-state index < -0.39 is 0 Å². The molecule has 0 N–H and O–H groups in total. The van der Waals surface area contributed by atoms with E-state index in [1.54, 1.807) is 4.68 Å². The normalized spacial score (nSPS) is 22.5. The number of ether oxygens (including phenoxy) is 1. The summed E-state index contributed by atoms with van der Waals surface area (Å²) in [5, 5.41) is 4.59. The number of rotatable bonds is 1. The number of fused-ring (bicyclic) bond motifs is 2. The molecule has 0 bridgehead atoms. The van der Waals surface area contributed by atoms with Crippen LogP contribution in [0.25, 0.3) is 0 Å². The zero-order valence-electron chi connectivity index (χ0n) is 15.4. The van der Waals surface area contributed by atoms with Crippen molar-refractivity contribution >= 4 is 5.91 Å². The molecule has 2 aliphatic rings. The molecule has 4 rings (SSSR count). The summed E-state index contributed by atoms with van der Waals surface area (Å²) < 4.78 is 7.62. The summed E-state index contributed by atoms with van der Waals surface area (Å²) in [6.07, 6.45) is 1.72. The number of benzene rings is 1. The van der Waals surface area contributed by atoms with Crippen LogP contribution >= 0.6 is 0 Å². The van der Waals surface area contributed by atoms with Gasteiger partial charge in [-0.15, -0.1) is 0 Å². The van der Waals surface area contributed by atoms with Gasteiger partial charge in [0, 0.05) is 32.1 Å². The van der Waals surface area contributed by atoms with Gasteiger partial charge < -0.3 is 9.64 Å². The van der Waals surface area contributed by atoms with E-state index in [1.165, 1.54) is 16.7 Å². The lowest BCUT2D eigenvalue weighted by atomic mass is 9.94. The first-order valence-corrected chi connectivity index (χ1v) is 9.03. The van der Waals surface area contributed by atoms with Crippen molar-refractivity contribution < 1.29 is 9.53 Å². The molecule has 0 fully saturated rings. The predicted molar refractivity (Wildman–Crippen MR) is 95.5 cm³/mol. The fourth-order valence-electron chi connectivity index (χ4n) is 4.20. The van der Waals surface area contributed by atoms with Crippen molar-refractivity contribution in [1.82, 2.24) is 14.7 Å². The summed E-state index contributed by atoms with van der Waals surface area (Å²) in [5.41, 5.74) is 6.63. The molecule has 0 aliphatic carbocycles. The fourth-order valence-corrected chi connectivity index (χ4v) is 4.20. The molecule has 5 heteroatoms. The van der Waals surface area contributed by atoms with Crippen molar-refractivity contribution in [3.8, 4) is 0 Å². The number of aromatic nitrogens is 2. The maximum absolute atomic E-state index is 13.3. The number of hydrogen-bond donors (Lipinski definition) is 0. The maximum Gasteiger partial charge on any atom is 0.272 e. The molecule has 0 spiro atoms. The van der Waals surface area contributed by atoms with Crippen molar-refractivity contribution in [2.24, 2.45) is 7.05 Å². The first-order valence-electron chi connectivity index (χ1n) is 9.03. The predicted octanol–water partition coefficient (Wildman–Crippen LogP) is 2.95. The Bertz CT molecular complexity index is 840. The van der Waals surface area contributed by atoms with Gasteiger partial charge in [0.15, 0.2) is 0 Å². The molecule has 2 atom stereocenters. The number of hydrogen-bond acceptors (Lipinski definition) is 3. The molecule has 2 aromatic rings. The summed E-state index contributed by atoms with van der Waals surface area (Å²) in [7, 11) is 1.87. The Morgan fingerprint density at radius 3 is 2.88 bits per heavy atom. The van der Waals surface area contributed by atoms with Gasteiger partial charge >= 0.3 is 0 Å². The van der Waals surface area contributed by atoms with Crippen LogP contribution in [0.15, 0.2) is 18.2 Å². The van der Waals surface area contributed by atoms with Crippen molar-refractivity contribution in [2.75, 3.05) is 6.54 Å². The zero-order chi connectivity index (χ0) is 17.7. The second kappa shape index (κ2) is 5.99. The molecular weight excluding hydrogens is 314 g/mol. The topological polar surface area (TPSA) is 47.4 Å². The Morgan fingerprint density at radius 1 is 1.28 bits per heavy atom. The number of carbonyl (C=O) groups is 1. The molecule has 1 aromatic heterocycles. The first kappa shape index (κ1) is 16.3. The summed E-state index contributed by atoms with van der Waals surface area (Å²) in [6, 6.07) is 6.40. The monoisotopic (exact) mass is 339 g/mol. The third kappa shape index (κ3) is 2.67. The lowest BCUT2D eigenvalue weighted by Gasteiger charge is -2.31. The summed E-state index contributed by atoms with van der Waals surface area (Å²) in [4.78, 5) is 15.3. The Labute approximate surface area is 148 Å². The van der Waals surface area contributed by atoms with E-state index in [0.29, 0.717) is 6.54 Å². The van der Waals surface area contributed by atoms with E-state index in [9.17, 15) is 4.79 Å². The van der Waals surface area contributed by atoms with Gasteiger partial charge in [-0.1, -0.05) is 18.2 Å². The van der Waals surface area contributed by atoms with Gasteiger partial charge in [0.1, 0.15) is 5.69 Å². The minimum Gasteiger partial charge on any atom is -0.369 e. The second-order valence-electron chi connectivity index (χ2n) is 7.32. The molecule has 3 heterocycles. The highest BCUT2D eigenvalue weighted by molar-refractivity contribution is 5.94. The van der Waals surface area contributed by atoms with Gasteiger partial charge in [-0.3, -0.25) is 9.48 Å². The molecule has 1 amide bonds. The Kier molecular flexibility index (Phi) is 3.91. The molecule has 0 unspecified atom stereocenters. The van der Waals surface area contributed by atoms with Gasteiger partial charge in [0.25, 0.3) is 5.91 Å². The van der Waals surface area contributed by atoms with Gasteiger partial charge in [0.05, 0.1) is 17.9 Å². The minimum absolute atomic E-state index is 0.0594. The minimum atomic E-state index is -0.0594. The van der Waals surface area contributed by atoms with Gasteiger partial charge in [-0.25, -0.2) is 0 Å². The lowest BCUT2D eigenvalue weighted by molar-refractivity contribution is -0.00714. The summed E-state index contributed by atoms with van der Waals surface area (Å²) >= 11 is 0. The molecule has 1 aromatic carbocycles. The van der Waals surface area contributed by atoms with Crippen LogP contribution in [0.4, 0.5) is 0 Å². The molecule has 2 aliphatic heterocycles. The van der Waals surface area contributed by atoms with E-state index in [4.69, 9.17) is 4.74 Å². The molecule has 0 radical (unpaired) electrons. The molecule has 0 saturated carbocycles. The Morgan fingerprint density at radius 2 is 2.08 bits per heavy atom. The Balaban J connectivity index is 1.68. The van der Waals surface area contributed by atoms with E-state index >= 15 is 0 Å². The number of aryl methyl sites for hydroxylation is 2. The number of nitrogens with zero attached hydrogens (tertiary/aromatic N) is 3. The largest absolute Gasteiger partial charge is 0.369 e. The number of amides is 1. The van der Waals surface area contributed by atoms with Gasteiger partial charge in [-0.2, -0.15) is 5.10 Å². The van der Waals surface area contributed by atoms with E-state index in [2.05, 4.69) is 37.1 Å². The summed E-state index contributed by atoms with van der Waals surface area (Å²) in [6.45, 7) is 7.64. The quantitative estimate of drug-likeness (QED) is 0.802. The molecule has 0 saturated heterocycles. The summed E-state index contributed by atoms with van der Waals surface area (Å²) in [5.74, 6) is 0.0893. The van der Waals surface area contributed by atoms with E-state index in [-0.39, 0.29) is 18.1 Å². The van der Waals surface area contributed by atoms with Crippen LogP contribution in [-0.4, -0.2) is 33.2 Å². The van der Waals surface area contributed by atoms with Crippen molar-refractivity contribution in [3.05, 3.63) is 51.8 Å². The van der Waals surface area contributed by atoms with Crippen LogP contribution in [0, 0.1) is 6.92 Å². The van der Waals surface area contributed by atoms with E-state index in [1.807, 2.05) is 18.9 Å². The smallest absolute Gasteiger partial charge is 0.272 e. The highest BCUT2D eigenvalue weighted by Crippen LogP contribution is 2.32. The van der Waals surface area contributed by atoms with Crippen LogP contribution in [0.1, 0.15) is 58.4 Å². The SMILES string of the molecule is Cc1cccc2c1CN(C(=O)c1c3c(nn1C)[C@H](C)O[C@H](C)C3)CC2. The van der Waals surface area contributed by atoms with Crippen molar-refractivity contribution in [3.63, 3.8) is 0 Å².